The highest BCUT2D eigenvalue weighted by molar-refractivity contribution is 6.30. The fourth-order valence-corrected chi connectivity index (χ4v) is 3.08. The van der Waals surface area contributed by atoms with Crippen molar-refractivity contribution in [3.05, 3.63) is 41.4 Å². The van der Waals surface area contributed by atoms with E-state index in [1.807, 2.05) is 29.8 Å². The van der Waals surface area contributed by atoms with Gasteiger partial charge in [-0.2, -0.15) is 0 Å². The molecule has 0 radical (unpaired) electrons. The minimum absolute atomic E-state index is 0.344. The third-order valence-electron chi connectivity index (χ3n) is 4.23. The van der Waals surface area contributed by atoms with Crippen molar-refractivity contribution in [2.45, 2.75) is 25.9 Å². The summed E-state index contributed by atoms with van der Waals surface area (Å²) in [5, 5.41) is 15.5. The fourth-order valence-electron chi connectivity index (χ4n) is 2.90. The van der Waals surface area contributed by atoms with E-state index >= 15 is 0 Å². The molecule has 1 unspecified atom stereocenters. The molecule has 1 aromatic carbocycles. The molecular formula is C17H24ClN7. The predicted octanol–water partition coefficient (Wildman–Crippen LogP) is 1.80. The Morgan fingerprint density at radius 2 is 2.32 bits per heavy atom. The second kappa shape index (κ2) is 8.20. The third kappa shape index (κ3) is 4.63. The first kappa shape index (κ1) is 17.5. The number of hydrogen-bond donors (Lipinski definition) is 2. The zero-order valence-corrected chi connectivity index (χ0v) is 15.4. The van der Waals surface area contributed by atoms with Crippen molar-refractivity contribution in [2.24, 2.45) is 12.0 Å². The molecule has 2 heterocycles. The second-order valence-corrected chi connectivity index (χ2v) is 6.55. The topological polar surface area (TPSA) is 70.4 Å². The van der Waals surface area contributed by atoms with Gasteiger partial charge in [-0.25, -0.2) is 4.99 Å². The summed E-state index contributed by atoms with van der Waals surface area (Å²) in [6.45, 7) is 5.30. The van der Waals surface area contributed by atoms with Crippen molar-refractivity contribution >= 4 is 23.2 Å². The van der Waals surface area contributed by atoms with Gasteiger partial charge >= 0.3 is 0 Å². The smallest absolute Gasteiger partial charge is 0.191 e. The minimum atomic E-state index is 0.344. The molecule has 1 fully saturated rings. The maximum absolute atomic E-state index is 6.10. The Kier molecular flexibility index (Phi) is 5.75. The summed E-state index contributed by atoms with van der Waals surface area (Å²) in [7, 11) is 1.92. The largest absolute Gasteiger partial charge is 0.369 e. The maximum atomic E-state index is 6.10. The molecule has 7 nitrogen and oxygen atoms in total. The van der Waals surface area contributed by atoms with Gasteiger partial charge in [0.2, 0.25) is 0 Å². The van der Waals surface area contributed by atoms with Crippen LogP contribution in [0.1, 0.15) is 19.2 Å². The van der Waals surface area contributed by atoms with Crippen molar-refractivity contribution in [1.29, 1.82) is 0 Å². The second-order valence-electron chi connectivity index (χ2n) is 6.11. The van der Waals surface area contributed by atoms with E-state index in [1.54, 1.807) is 6.33 Å². The number of aliphatic imine (C=N–C) groups is 1. The lowest BCUT2D eigenvalue weighted by atomic mass is 10.3. The van der Waals surface area contributed by atoms with Crippen LogP contribution in [0.5, 0.6) is 0 Å². The molecule has 1 saturated heterocycles. The number of guanidine groups is 1. The van der Waals surface area contributed by atoms with Gasteiger partial charge in [0.15, 0.2) is 11.8 Å². The van der Waals surface area contributed by atoms with Gasteiger partial charge in [0.25, 0.3) is 0 Å². The monoisotopic (exact) mass is 361 g/mol. The summed E-state index contributed by atoms with van der Waals surface area (Å²) in [6.07, 6.45) is 2.74. The van der Waals surface area contributed by atoms with Gasteiger partial charge in [-0.15, -0.1) is 10.2 Å². The van der Waals surface area contributed by atoms with Crippen LogP contribution in [0.4, 0.5) is 5.69 Å². The van der Waals surface area contributed by atoms with E-state index in [1.165, 1.54) is 0 Å². The summed E-state index contributed by atoms with van der Waals surface area (Å²) in [5.41, 5.74) is 1.16. The fraction of sp³-hybridized carbons (Fsp3) is 0.471. The van der Waals surface area contributed by atoms with Gasteiger partial charge in [-0.3, -0.25) is 0 Å². The molecule has 1 atom stereocenters. The van der Waals surface area contributed by atoms with Gasteiger partial charge in [0.1, 0.15) is 12.9 Å². The van der Waals surface area contributed by atoms with Gasteiger partial charge in [-0.05, 0) is 31.5 Å². The first-order valence-corrected chi connectivity index (χ1v) is 8.91. The van der Waals surface area contributed by atoms with Crippen molar-refractivity contribution in [3.8, 4) is 0 Å². The lowest BCUT2D eigenvalue weighted by molar-refractivity contribution is 0.647. The van der Waals surface area contributed by atoms with Crippen molar-refractivity contribution in [2.75, 3.05) is 24.5 Å². The average molecular weight is 362 g/mol. The van der Waals surface area contributed by atoms with Crippen LogP contribution >= 0.6 is 11.6 Å². The average Bonchev–Trinajstić information content (AvgIpc) is 3.22. The van der Waals surface area contributed by atoms with Crippen LogP contribution < -0.4 is 15.5 Å². The molecule has 0 amide bonds. The molecule has 8 heteroatoms. The normalized spacial score (nSPS) is 17.8. The lowest BCUT2D eigenvalue weighted by Crippen LogP contribution is -2.44. The van der Waals surface area contributed by atoms with E-state index in [9.17, 15) is 0 Å². The number of halogens is 1. The molecule has 0 aliphatic carbocycles. The Morgan fingerprint density at radius 3 is 3.04 bits per heavy atom. The van der Waals surface area contributed by atoms with Crippen molar-refractivity contribution < 1.29 is 0 Å². The molecule has 1 aliphatic rings. The molecule has 0 saturated carbocycles. The summed E-state index contributed by atoms with van der Waals surface area (Å²) < 4.78 is 1.88. The number of nitrogens with zero attached hydrogens (tertiary/aromatic N) is 5. The van der Waals surface area contributed by atoms with Gasteiger partial charge in [0, 0.05) is 43.4 Å². The standard InChI is InChI=1S/C17H24ClN7/c1-3-19-17(20-10-16-23-21-12-24(16)2)22-14-7-8-25(11-14)15-6-4-5-13(18)9-15/h4-6,9,12,14H,3,7-8,10-11H2,1-2H3,(H2,19,20,22). The number of anilines is 1. The number of nitrogens with one attached hydrogen (secondary N) is 2. The van der Waals surface area contributed by atoms with Crippen LogP contribution in [-0.2, 0) is 13.6 Å². The third-order valence-corrected chi connectivity index (χ3v) is 4.47. The highest BCUT2D eigenvalue weighted by atomic mass is 35.5. The zero-order chi connectivity index (χ0) is 17.6. The quantitative estimate of drug-likeness (QED) is 0.627. The van der Waals surface area contributed by atoms with Crippen LogP contribution in [0, 0.1) is 0 Å². The highest BCUT2D eigenvalue weighted by Gasteiger charge is 2.23. The summed E-state index contributed by atoms with van der Waals surface area (Å²) >= 11 is 6.10. The lowest BCUT2D eigenvalue weighted by Gasteiger charge is -2.20. The van der Waals surface area contributed by atoms with Crippen LogP contribution in [0.25, 0.3) is 0 Å². The van der Waals surface area contributed by atoms with Crippen LogP contribution in [-0.4, -0.2) is 46.4 Å². The van der Waals surface area contributed by atoms with Gasteiger partial charge in [-0.1, -0.05) is 17.7 Å². The molecule has 1 aromatic heterocycles. The van der Waals surface area contributed by atoms with E-state index < -0.39 is 0 Å². The molecule has 25 heavy (non-hydrogen) atoms. The number of hydrogen-bond acceptors (Lipinski definition) is 4. The van der Waals surface area contributed by atoms with E-state index in [-0.39, 0.29) is 0 Å². The molecule has 2 aromatic rings. The van der Waals surface area contributed by atoms with Gasteiger partial charge in [0.05, 0.1) is 0 Å². The number of aryl methyl sites for hydroxylation is 1. The van der Waals surface area contributed by atoms with E-state index in [0.717, 1.165) is 48.5 Å². The van der Waals surface area contributed by atoms with Crippen LogP contribution in [0.3, 0.4) is 0 Å². The Bertz CT molecular complexity index is 727. The maximum Gasteiger partial charge on any atom is 0.191 e. The molecular weight excluding hydrogens is 338 g/mol. The van der Waals surface area contributed by atoms with Crippen molar-refractivity contribution in [3.63, 3.8) is 0 Å². The molecule has 0 bridgehead atoms. The highest BCUT2D eigenvalue weighted by Crippen LogP contribution is 2.23. The summed E-state index contributed by atoms with van der Waals surface area (Å²) in [5.74, 6) is 1.65. The molecule has 3 rings (SSSR count). The number of benzene rings is 1. The Hall–Kier alpha value is -2.28. The van der Waals surface area contributed by atoms with Crippen LogP contribution in [0.2, 0.25) is 5.02 Å². The first-order chi connectivity index (χ1) is 12.2. The minimum Gasteiger partial charge on any atom is -0.369 e. The molecule has 1 aliphatic heterocycles. The van der Waals surface area contributed by atoms with Crippen LogP contribution in [0.15, 0.2) is 35.6 Å². The first-order valence-electron chi connectivity index (χ1n) is 8.54. The van der Waals surface area contributed by atoms with Gasteiger partial charge < -0.3 is 20.1 Å². The Morgan fingerprint density at radius 1 is 1.44 bits per heavy atom. The molecule has 0 spiro atoms. The van der Waals surface area contributed by atoms with E-state index in [2.05, 4.69) is 43.7 Å². The van der Waals surface area contributed by atoms with E-state index in [4.69, 9.17) is 11.6 Å². The summed E-state index contributed by atoms with van der Waals surface area (Å²) in [4.78, 5) is 6.97. The SMILES string of the molecule is CCNC(=NCc1nncn1C)NC1CCN(c2cccc(Cl)c2)C1. The number of rotatable bonds is 5. The Balaban J connectivity index is 1.60. The zero-order valence-electron chi connectivity index (χ0n) is 14.6. The molecule has 134 valence electrons. The summed E-state index contributed by atoms with van der Waals surface area (Å²) in [6, 6.07) is 8.35. The van der Waals surface area contributed by atoms with E-state index in [0.29, 0.717) is 12.6 Å². The predicted molar refractivity (Wildman–Crippen MR) is 101 cm³/mol. The Labute approximate surface area is 153 Å². The molecule has 2 N–H and O–H groups in total. The van der Waals surface area contributed by atoms with Crippen molar-refractivity contribution in [1.82, 2.24) is 25.4 Å². The number of aromatic nitrogens is 3.